The number of benzene rings is 1. The van der Waals surface area contributed by atoms with Crippen molar-refractivity contribution in [2.75, 3.05) is 20.6 Å². The summed E-state index contributed by atoms with van der Waals surface area (Å²) in [7, 11) is 4.15. The van der Waals surface area contributed by atoms with Crippen LogP contribution in [0.5, 0.6) is 0 Å². The molecule has 0 fully saturated rings. The summed E-state index contributed by atoms with van der Waals surface area (Å²) in [6.45, 7) is 1.07. The molecule has 1 rings (SSSR count). The fraction of sp³-hybridized carbons (Fsp3) is 0.417. The van der Waals surface area contributed by atoms with E-state index in [1.807, 2.05) is 12.1 Å². The van der Waals surface area contributed by atoms with E-state index in [1.165, 1.54) is 5.56 Å². The normalized spacial score (nSPS) is 10.1. The first-order valence-electron chi connectivity index (χ1n) is 4.82. The van der Waals surface area contributed by atoms with Crippen LogP contribution in [0.3, 0.4) is 0 Å². The zero-order valence-corrected chi connectivity index (χ0v) is 8.83. The van der Waals surface area contributed by atoms with Gasteiger partial charge in [0.2, 0.25) is 0 Å². The van der Waals surface area contributed by atoms with Gasteiger partial charge in [-0.3, -0.25) is 0 Å². The maximum atomic E-state index is 8.51. The van der Waals surface area contributed by atoms with E-state index in [1.54, 1.807) is 0 Å². The lowest BCUT2D eigenvalue weighted by molar-refractivity contribution is 0.413. The second-order valence-electron chi connectivity index (χ2n) is 3.70. The van der Waals surface area contributed by atoms with Gasteiger partial charge in [0.15, 0.2) is 0 Å². The Hall–Kier alpha value is -1.33. The fourth-order valence-electron chi connectivity index (χ4n) is 1.27. The summed E-state index contributed by atoms with van der Waals surface area (Å²) in [5.41, 5.74) is 2.43. The molecule has 0 atom stereocenters. The fourth-order valence-corrected chi connectivity index (χ4v) is 1.27. The molecule has 0 radical (unpaired) electrons. The maximum absolute atomic E-state index is 8.51. The standard InChI is InChI=1S/C12H16N2/c1-14(2)10-8-12-5-3-11(4-6-12)7-9-13/h3-6H,7-8,10H2,1-2H3. The molecule has 0 N–H and O–H groups in total. The predicted octanol–water partition coefficient (Wildman–Crippen LogP) is 1.86. The van der Waals surface area contributed by atoms with Gasteiger partial charge in [0.1, 0.15) is 0 Å². The van der Waals surface area contributed by atoms with Crippen molar-refractivity contribution in [1.29, 1.82) is 5.26 Å². The molecule has 0 saturated heterocycles. The van der Waals surface area contributed by atoms with Crippen molar-refractivity contribution in [2.24, 2.45) is 0 Å². The molecule has 0 amide bonds. The monoisotopic (exact) mass is 188 g/mol. The number of likely N-dealkylation sites (N-methyl/N-ethyl adjacent to an activating group) is 1. The molecule has 0 unspecified atom stereocenters. The maximum Gasteiger partial charge on any atom is 0.0669 e. The molecule has 0 aliphatic carbocycles. The highest BCUT2D eigenvalue weighted by Gasteiger charge is 1.95. The van der Waals surface area contributed by atoms with E-state index in [4.69, 9.17) is 5.26 Å². The Labute approximate surface area is 85.8 Å². The molecule has 1 aromatic rings. The van der Waals surface area contributed by atoms with Gasteiger partial charge >= 0.3 is 0 Å². The Morgan fingerprint density at radius 3 is 2.21 bits per heavy atom. The minimum atomic E-state index is 0.508. The highest BCUT2D eigenvalue weighted by atomic mass is 15.0. The second-order valence-corrected chi connectivity index (χ2v) is 3.70. The topological polar surface area (TPSA) is 27.0 Å². The molecule has 2 heteroatoms. The van der Waals surface area contributed by atoms with Crippen LogP contribution >= 0.6 is 0 Å². The third-order valence-corrected chi connectivity index (χ3v) is 2.15. The minimum absolute atomic E-state index is 0.508. The van der Waals surface area contributed by atoms with E-state index in [9.17, 15) is 0 Å². The van der Waals surface area contributed by atoms with Gasteiger partial charge in [-0.1, -0.05) is 24.3 Å². The number of nitriles is 1. The summed E-state index contributed by atoms with van der Waals surface area (Å²) in [4.78, 5) is 2.17. The molecule has 0 aromatic heterocycles. The van der Waals surface area contributed by atoms with E-state index < -0.39 is 0 Å². The van der Waals surface area contributed by atoms with Crippen LogP contribution in [0.25, 0.3) is 0 Å². The Morgan fingerprint density at radius 2 is 1.71 bits per heavy atom. The molecule has 0 saturated carbocycles. The summed E-state index contributed by atoms with van der Waals surface area (Å²) in [6.07, 6.45) is 1.58. The SMILES string of the molecule is CN(C)CCc1ccc(CC#N)cc1. The molecular weight excluding hydrogens is 172 g/mol. The van der Waals surface area contributed by atoms with Gasteiger partial charge in [-0.2, -0.15) is 5.26 Å². The van der Waals surface area contributed by atoms with Crippen molar-refractivity contribution in [3.8, 4) is 6.07 Å². The van der Waals surface area contributed by atoms with Crippen LogP contribution in [0.4, 0.5) is 0 Å². The van der Waals surface area contributed by atoms with Crippen LogP contribution in [0.15, 0.2) is 24.3 Å². The number of hydrogen-bond acceptors (Lipinski definition) is 2. The van der Waals surface area contributed by atoms with Gasteiger partial charge in [0.05, 0.1) is 12.5 Å². The van der Waals surface area contributed by atoms with Gasteiger partial charge in [0.25, 0.3) is 0 Å². The van der Waals surface area contributed by atoms with E-state index >= 15 is 0 Å². The number of hydrogen-bond donors (Lipinski definition) is 0. The average molecular weight is 188 g/mol. The van der Waals surface area contributed by atoms with Crippen LogP contribution in [-0.4, -0.2) is 25.5 Å². The van der Waals surface area contributed by atoms with E-state index in [-0.39, 0.29) is 0 Å². The van der Waals surface area contributed by atoms with Crippen LogP contribution in [0.1, 0.15) is 11.1 Å². The van der Waals surface area contributed by atoms with E-state index in [2.05, 4.69) is 37.2 Å². The van der Waals surface area contributed by atoms with Gasteiger partial charge in [-0.05, 0) is 31.6 Å². The van der Waals surface area contributed by atoms with Crippen molar-refractivity contribution in [3.05, 3.63) is 35.4 Å². The lowest BCUT2D eigenvalue weighted by Crippen LogP contribution is -2.14. The van der Waals surface area contributed by atoms with Gasteiger partial charge < -0.3 is 4.90 Å². The average Bonchev–Trinajstić information content (AvgIpc) is 2.17. The molecular formula is C12H16N2. The zero-order valence-electron chi connectivity index (χ0n) is 8.83. The first kappa shape index (κ1) is 10.7. The van der Waals surface area contributed by atoms with Crippen LogP contribution in [0.2, 0.25) is 0 Å². The van der Waals surface area contributed by atoms with Gasteiger partial charge in [0, 0.05) is 6.54 Å². The zero-order chi connectivity index (χ0) is 10.4. The highest BCUT2D eigenvalue weighted by molar-refractivity contribution is 5.24. The quantitative estimate of drug-likeness (QED) is 0.721. The summed E-state index contributed by atoms with van der Waals surface area (Å²) in [6, 6.07) is 10.4. The number of nitrogens with zero attached hydrogens (tertiary/aromatic N) is 2. The van der Waals surface area contributed by atoms with Crippen LogP contribution < -0.4 is 0 Å². The Morgan fingerprint density at radius 1 is 1.14 bits per heavy atom. The minimum Gasteiger partial charge on any atom is -0.309 e. The Balaban J connectivity index is 2.52. The van der Waals surface area contributed by atoms with Gasteiger partial charge in [-0.15, -0.1) is 0 Å². The lowest BCUT2D eigenvalue weighted by atomic mass is 10.1. The van der Waals surface area contributed by atoms with Crippen molar-refractivity contribution in [2.45, 2.75) is 12.8 Å². The van der Waals surface area contributed by atoms with Crippen molar-refractivity contribution < 1.29 is 0 Å². The number of rotatable bonds is 4. The third kappa shape index (κ3) is 3.59. The predicted molar refractivity (Wildman–Crippen MR) is 58.0 cm³/mol. The van der Waals surface area contributed by atoms with E-state index in [0.29, 0.717) is 6.42 Å². The lowest BCUT2D eigenvalue weighted by Gasteiger charge is -2.09. The highest BCUT2D eigenvalue weighted by Crippen LogP contribution is 2.05. The molecule has 0 bridgehead atoms. The molecule has 1 aromatic carbocycles. The van der Waals surface area contributed by atoms with Crippen LogP contribution in [0, 0.1) is 11.3 Å². The smallest absolute Gasteiger partial charge is 0.0669 e. The first-order valence-corrected chi connectivity index (χ1v) is 4.82. The van der Waals surface area contributed by atoms with Crippen LogP contribution in [-0.2, 0) is 12.8 Å². The summed E-state index contributed by atoms with van der Waals surface area (Å²) >= 11 is 0. The van der Waals surface area contributed by atoms with Crippen molar-refractivity contribution in [3.63, 3.8) is 0 Å². The molecule has 2 nitrogen and oxygen atoms in total. The summed E-state index contributed by atoms with van der Waals surface area (Å²) in [5, 5.41) is 8.51. The molecule has 0 aliphatic heterocycles. The molecule has 0 aliphatic rings. The van der Waals surface area contributed by atoms with Crippen molar-refractivity contribution >= 4 is 0 Å². The Kier molecular flexibility index (Phi) is 4.15. The third-order valence-electron chi connectivity index (χ3n) is 2.15. The summed E-state index contributed by atoms with van der Waals surface area (Å²) in [5.74, 6) is 0. The molecule has 0 spiro atoms. The van der Waals surface area contributed by atoms with E-state index in [0.717, 1.165) is 18.5 Å². The molecule has 0 heterocycles. The van der Waals surface area contributed by atoms with Gasteiger partial charge in [-0.25, -0.2) is 0 Å². The molecule has 74 valence electrons. The summed E-state index contributed by atoms with van der Waals surface area (Å²) < 4.78 is 0. The Bertz CT molecular complexity index is 306. The second kappa shape index (κ2) is 5.41. The van der Waals surface area contributed by atoms with Crippen molar-refractivity contribution in [1.82, 2.24) is 4.90 Å². The molecule has 14 heavy (non-hydrogen) atoms. The largest absolute Gasteiger partial charge is 0.309 e. The first-order chi connectivity index (χ1) is 6.72.